The molecular formula is C20H21NO. The average molecular weight is 291 g/mol. The summed E-state index contributed by atoms with van der Waals surface area (Å²) in [6.07, 6.45) is 0. The standard InChI is InChI=1S/C20H21NO/c1-16(17-8-3-2-4-9-17)21-14-15-22-20-13-7-11-18-10-5-6-12-19(18)20/h2-13,16,21H,14-15H2,1H3. The van der Waals surface area contributed by atoms with E-state index in [4.69, 9.17) is 4.74 Å². The monoisotopic (exact) mass is 291 g/mol. The topological polar surface area (TPSA) is 21.3 Å². The summed E-state index contributed by atoms with van der Waals surface area (Å²) in [6, 6.07) is 25.3. The highest BCUT2D eigenvalue weighted by atomic mass is 16.5. The van der Waals surface area contributed by atoms with Gasteiger partial charge >= 0.3 is 0 Å². The lowest BCUT2D eigenvalue weighted by Gasteiger charge is -2.15. The van der Waals surface area contributed by atoms with Crippen molar-refractivity contribution in [2.45, 2.75) is 13.0 Å². The molecule has 2 nitrogen and oxygen atoms in total. The molecule has 1 atom stereocenters. The minimum atomic E-state index is 0.331. The van der Waals surface area contributed by atoms with Gasteiger partial charge in [-0.05, 0) is 23.9 Å². The van der Waals surface area contributed by atoms with E-state index in [2.05, 4.69) is 60.8 Å². The molecule has 22 heavy (non-hydrogen) atoms. The molecule has 3 aromatic rings. The number of nitrogens with one attached hydrogen (secondary N) is 1. The number of hydrogen-bond acceptors (Lipinski definition) is 2. The van der Waals surface area contributed by atoms with Gasteiger partial charge in [0.15, 0.2) is 0 Å². The zero-order chi connectivity index (χ0) is 15.2. The highest BCUT2D eigenvalue weighted by Gasteiger charge is 2.04. The van der Waals surface area contributed by atoms with Crippen LogP contribution in [0.2, 0.25) is 0 Å². The van der Waals surface area contributed by atoms with E-state index < -0.39 is 0 Å². The highest BCUT2D eigenvalue weighted by Crippen LogP contribution is 2.24. The van der Waals surface area contributed by atoms with Crippen LogP contribution in [0.5, 0.6) is 5.75 Å². The van der Waals surface area contributed by atoms with Crippen molar-refractivity contribution in [1.82, 2.24) is 5.32 Å². The normalized spacial score (nSPS) is 12.2. The predicted molar refractivity (Wildman–Crippen MR) is 92.3 cm³/mol. The fourth-order valence-electron chi connectivity index (χ4n) is 2.62. The summed E-state index contributed by atoms with van der Waals surface area (Å²) in [7, 11) is 0. The minimum Gasteiger partial charge on any atom is -0.492 e. The number of fused-ring (bicyclic) bond motifs is 1. The van der Waals surface area contributed by atoms with Crippen molar-refractivity contribution in [2.75, 3.05) is 13.2 Å². The molecule has 0 aliphatic carbocycles. The van der Waals surface area contributed by atoms with E-state index in [1.54, 1.807) is 0 Å². The van der Waals surface area contributed by atoms with E-state index in [1.165, 1.54) is 16.3 Å². The zero-order valence-corrected chi connectivity index (χ0v) is 12.8. The molecule has 112 valence electrons. The smallest absolute Gasteiger partial charge is 0.127 e. The van der Waals surface area contributed by atoms with Crippen LogP contribution in [0.1, 0.15) is 18.5 Å². The summed E-state index contributed by atoms with van der Waals surface area (Å²) in [5.41, 5.74) is 1.30. The molecule has 3 rings (SSSR count). The average Bonchev–Trinajstić information content (AvgIpc) is 2.59. The van der Waals surface area contributed by atoms with Gasteiger partial charge in [0, 0.05) is 18.0 Å². The quantitative estimate of drug-likeness (QED) is 0.672. The fourth-order valence-corrected chi connectivity index (χ4v) is 2.62. The van der Waals surface area contributed by atoms with Gasteiger partial charge in [0.1, 0.15) is 12.4 Å². The van der Waals surface area contributed by atoms with E-state index >= 15 is 0 Å². The molecule has 0 spiro atoms. The van der Waals surface area contributed by atoms with Crippen LogP contribution < -0.4 is 10.1 Å². The summed E-state index contributed by atoms with van der Waals surface area (Å²) < 4.78 is 5.94. The van der Waals surface area contributed by atoms with E-state index in [0.717, 1.165) is 12.3 Å². The minimum absolute atomic E-state index is 0.331. The number of hydrogen-bond donors (Lipinski definition) is 1. The van der Waals surface area contributed by atoms with Crippen molar-refractivity contribution >= 4 is 10.8 Å². The van der Waals surface area contributed by atoms with Crippen molar-refractivity contribution < 1.29 is 4.74 Å². The third-order valence-corrected chi connectivity index (χ3v) is 3.86. The Hall–Kier alpha value is -2.32. The van der Waals surface area contributed by atoms with Gasteiger partial charge in [0.25, 0.3) is 0 Å². The van der Waals surface area contributed by atoms with Crippen LogP contribution >= 0.6 is 0 Å². The van der Waals surface area contributed by atoms with Crippen LogP contribution in [-0.4, -0.2) is 13.2 Å². The van der Waals surface area contributed by atoms with Crippen LogP contribution in [0.15, 0.2) is 72.8 Å². The summed E-state index contributed by atoms with van der Waals surface area (Å²) in [6.45, 7) is 3.65. The molecule has 1 N–H and O–H groups in total. The van der Waals surface area contributed by atoms with E-state index in [0.29, 0.717) is 12.6 Å². The Morgan fingerprint density at radius 2 is 1.59 bits per heavy atom. The Bertz CT molecular complexity index is 719. The molecule has 0 aliphatic rings. The molecule has 3 aromatic carbocycles. The molecule has 1 unspecified atom stereocenters. The van der Waals surface area contributed by atoms with Crippen molar-refractivity contribution in [2.24, 2.45) is 0 Å². The maximum absolute atomic E-state index is 5.94. The third-order valence-electron chi connectivity index (χ3n) is 3.86. The zero-order valence-electron chi connectivity index (χ0n) is 12.8. The second-order valence-corrected chi connectivity index (χ2v) is 5.41. The third kappa shape index (κ3) is 3.46. The van der Waals surface area contributed by atoms with E-state index in [9.17, 15) is 0 Å². The Morgan fingerprint density at radius 1 is 0.864 bits per heavy atom. The highest BCUT2D eigenvalue weighted by molar-refractivity contribution is 5.88. The van der Waals surface area contributed by atoms with Crippen molar-refractivity contribution in [3.05, 3.63) is 78.4 Å². The second kappa shape index (κ2) is 7.10. The van der Waals surface area contributed by atoms with Gasteiger partial charge in [-0.3, -0.25) is 0 Å². The molecule has 0 aromatic heterocycles. The number of rotatable bonds is 6. The van der Waals surface area contributed by atoms with Crippen LogP contribution in [0, 0.1) is 0 Å². The van der Waals surface area contributed by atoms with Crippen LogP contribution in [-0.2, 0) is 0 Å². The molecule has 0 radical (unpaired) electrons. The van der Waals surface area contributed by atoms with E-state index in [1.807, 2.05) is 24.3 Å². The van der Waals surface area contributed by atoms with E-state index in [-0.39, 0.29) is 0 Å². The lowest BCUT2D eigenvalue weighted by atomic mass is 10.1. The molecule has 0 fully saturated rings. The van der Waals surface area contributed by atoms with Gasteiger partial charge in [-0.25, -0.2) is 0 Å². The molecule has 2 heteroatoms. The Labute approximate surface area is 131 Å². The first-order valence-corrected chi connectivity index (χ1v) is 7.73. The maximum atomic E-state index is 5.94. The maximum Gasteiger partial charge on any atom is 0.127 e. The van der Waals surface area contributed by atoms with Crippen molar-refractivity contribution in [1.29, 1.82) is 0 Å². The van der Waals surface area contributed by atoms with Crippen molar-refractivity contribution in [3.8, 4) is 5.75 Å². The Kier molecular flexibility index (Phi) is 4.71. The first kappa shape index (κ1) is 14.6. The molecule has 0 heterocycles. The number of ether oxygens (including phenoxy) is 1. The van der Waals surface area contributed by atoms with Gasteiger partial charge in [0.05, 0.1) is 0 Å². The van der Waals surface area contributed by atoms with Crippen molar-refractivity contribution in [3.63, 3.8) is 0 Å². The fraction of sp³-hybridized carbons (Fsp3) is 0.200. The predicted octanol–water partition coefficient (Wildman–Crippen LogP) is 4.57. The summed E-state index contributed by atoms with van der Waals surface area (Å²) in [5, 5.41) is 5.87. The molecule has 0 saturated heterocycles. The van der Waals surface area contributed by atoms with Gasteiger partial charge in [-0.15, -0.1) is 0 Å². The molecule has 0 saturated carbocycles. The van der Waals surface area contributed by atoms with Gasteiger partial charge < -0.3 is 10.1 Å². The number of benzene rings is 3. The van der Waals surface area contributed by atoms with Crippen LogP contribution in [0.3, 0.4) is 0 Å². The largest absolute Gasteiger partial charge is 0.492 e. The lowest BCUT2D eigenvalue weighted by Crippen LogP contribution is -2.24. The van der Waals surface area contributed by atoms with Gasteiger partial charge in [-0.2, -0.15) is 0 Å². The summed E-state index contributed by atoms with van der Waals surface area (Å²) in [5.74, 6) is 0.951. The molecule has 0 bridgehead atoms. The summed E-state index contributed by atoms with van der Waals surface area (Å²) >= 11 is 0. The lowest BCUT2D eigenvalue weighted by molar-refractivity contribution is 0.311. The molecule has 0 aliphatic heterocycles. The van der Waals surface area contributed by atoms with Gasteiger partial charge in [0.2, 0.25) is 0 Å². The van der Waals surface area contributed by atoms with Gasteiger partial charge in [-0.1, -0.05) is 66.7 Å². The molecule has 0 amide bonds. The van der Waals surface area contributed by atoms with Crippen LogP contribution in [0.25, 0.3) is 10.8 Å². The first-order valence-electron chi connectivity index (χ1n) is 7.73. The Balaban J connectivity index is 1.55. The Morgan fingerprint density at radius 3 is 2.45 bits per heavy atom. The SMILES string of the molecule is CC(NCCOc1cccc2ccccc12)c1ccccc1. The summed E-state index contributed by atoms with van der Waals surface area (Å²) in [4.78, 5) is 0. The molecular weight excluding hydrogens is 270 g/mol. The second-order valence-electron chi connectivity index (χ2n) is 5.41. The van der Waals surface area contributed by atoms with Crippen LogP contribution in [0.4, 0.5) is 0 Å². The first-order chi connectivity index (χ1) is 10.8.